The highest BCUT2D eigenvalue weighted by atomic mass is 16.3. The molecule has 106 valence electrons. The number of para-hydroxylation sites is 1. The Morgan fingerprint density at radius 2 is 2.20 bits per heavy atom. The van der Waals surface area contributed by atoms with Crippen molar-refractivity contribution in [1.29, 1.82) is 0 Å². The number of hydrogen-bond acceptors (Lipinski definition) is 2. The number of rotatable bonds is 3. The first-order chi connectivity index (χ1) is 9.66. The van der Waals surface area contributed by atoms with Crippen LogP contribution in [-0.2, 0) is 7.05 Å². The summed E-state index contributed by atoms with van der Waals surface area (Å²) in [5.41, 5.74) is 1.72. The predicted molar refractivity (Wildman–Crippen MR) is 78.6 cm³/mol. The first-order valence-electron chi connectivity index (χ1n) is 7.17. The van der Waals surface area contributed by atoms with Gasteiger partial charge in [0.25, 0.3) is 5.91 Å². The lowest BCUT2D eigenvalue weighted by Gasteiger charge is -2.15. The number of aliphatic hydroxyl groups is 1. The summed E-state index contributed by atoms with van der Waals surface area (Å²) in [4.78, 5) is 12.3. The highest BCUT2D eigenvalue weighted by Gasteiger charge is 2.25. The first-order valence-corrected chi connectivity index (χ1v) is 7.17. The lowest BCUT2D eigenvalue weighted by Crippen LogP contribution is -2.33. The molecule has 0 unspecified atom stereocenters. The molecule has 1 saturated carbocycles. The van der Waals surface area contributed by atoms with Gasteiger partial charge in [0.2, 0.25) is 0 Å². The Hall–Kier alpha value is -1.81. The number of carbonyl (C=O) groups excluding carboxylic acids is 1. The highest BCUT2D eigenvalue weighted by Crippen LogP contribution is 2.25. The molecule has 0 radical (unpaired) electrons. The van der Waals surface area contributed by atoms with E-state index in [-0.39, 0.29) is 17.9 Å². The molecule has 20 heavy (non-hydrogen) atoms. The van der Waals surface area contributed by atoms with Crippen LogP contribution < -0.4 is 5.32 Å². The fourth-order valence-electron chi connectivity index (χ4n) is 3.08. The van der Waals surface area contributed by atoms with Crippen LogP contribution in [0.1, 0.15) is 29.8 Å². The second-order valence-corrected chi connectivity index (χ2v) is 5.62. The van der Waals surface area contributed by atoms with E-state index in [1.54, 1.807) is 0 Å². The number of nitrogens with one attached hydrogen (secondary N) is 1. The minimum Gasteiger partial charge on any atom is -0.393 e. The molecule has 0 spiro atoms. The molecule has 3 rings (SSSR count). The number of hydrogen-bond donors (Lipinski definition) is 2. The van der Waals surface area contributed by atoms with Gasteiger partial charge < -0.3 is 15.0 Å². The van der Waals surface area contributed by atoms with E-state index in [9.17, 15) is 9.90 Å². The smallest absolute Gasteiger partial charge is 0.267 e. The molecule has 2 N–H and O–H groups in total. The van der Waals surface area contributed by atoms with Crippen LogP contribution in [0.15, 0.2) is 30.3 Å². The van der Waals surface area contributed by atoms with Gasteiger partial charge in [-0.15, -0.1) is 0 Å². The number of benzene rings is 1. The molecule has 4 nitrogen and oxygen atoms in total. The van der Waals surface area contributed by atoms with Gasteiger partial charge in [-0.2, -0.15) is 0 Å². The Labute approximate surface area is 118 Å². The van der Waals surface area contributed by atoms with Crippen molar-refractivity contribution in [3.8, 4) is 0 Å². The fourth-order valence-corrected chi connectivity index (χ4v) is 3.08. The second-order valence-electron chi connectivity index (χ2n) is 5.62. The Bertz CT molecular complexity index is 632. The summed E-state index contributed by atoms with van der Waals surface area (Å²) < 4.78 is 1.91. The van der Waals surface area contributed by atoms with E-state index < -0.39 is 0 Å². The summed E-state index contributed by atoms with van der Waals surface area (Å²) in [5.74, 6) is 0.136. The summed E-state index contributed by atoms with van der Waals surface area (Å²) in [6, 6.07) is 9.87. The predicted octanol–water partition coefficient (Wildman–Crippen LogP) is 2.07. The van der Waals surface area contributed by atoms with Crippen molar-refractivity contribution in [3.05, 3.63) is 36.0 Å². The lowest BCUT2D eigenvalue weighted by atomic mass is 10.1. The Balaban J connectivity index is 1.74. The number of nitrogens with zero attached hydrogens (tertiary/aromatic N) is 1. The maximum Gasteiger partial charge on any atom is 0.267 e. The van der Waals surface area contributed by atoms with Crippen LogP contribution in [0.4, 0.5) is 0 Å². The zero-order valence-electron chi connectivity index (χ0n) is 11.7. The molecule has 1 aliphatic carbocycles. The third-order valence-electron chi connectivity index (χ3n) is 4.33. The Morgan fingerprint density at radius 1 is 1.40 bits per heavy atom. The van der Waals surface area contributed by atoms with E-state index in [2.05, 4.69) is 5.32 Å². The summed E-state index contributed by atoms with van der Waals surface area (Å²) in [7, 11) is 1.90. The van der Waals surface area contributed by atoms with Crippen LogP contribution >= 0.6 is 0 Å². The molecular formula is C16H20N2O2. The van der Waals surface area contributed by atoms with Crippen molar-refractivity contribution in [1.82, 2.24) is 9.88 Å². The van der Waals surface area contributed by atoms with Gasteiger partial charge in [-0.25, -0.2) is 0 Å². The Kier molecular flexibility index (Phi) is 3.49. The van der Waals surface area contributed by atoms with Crippen LogP contribution in [0.5, 0.6) is 0 Å². The molecule has 1 aromatic carbocycles. The largest absolute Gasteiger partial charge is 0.393 e. The molecule has 2 atom stereocenters. The summed E-state index contributed by atoms with van der Waals surface area (Å²) in [6.07, 6.45) is 2.64. The molecule has 4 heteroatoms. The minimum absolute atomic E-state index is 0.0669. The summed E-state index contributed by atoms with van der Waals surface area (Å²) in [6.45, 7) is 0.557. The van der Waals surface area contributed by atoms with Crippen molar-refractivity contribution in [2.24, 2.45) is 13.0 Å². The molecule has 1 aliphatic rings. The maximum atomic E-state index is 12.3. The van der Waals surface area contributed by atoms with Crippen LogP contribution in [0.25, 0.3) is 10.9 Å². The van der Waals surface area contributed by atoms with Crippen molar-refractivity contribution < 1.29 is 9.90 Å². The minimum atomic E-state index is -0.261. The van der Waals surface area contributed by atoms with Crippen molar-refractivity contribution >= 4 is 16.8 Å². The average Bonchev–Trinajstić information content (AvgIpc) is 3.01. The van der Waals surface area contributed by atoms with Crippen LogP contribution in [0.3, 0.4) is 0 Å². The number of fused-ring (bicyclic) bond motifs is 1. The van der Waals surface area contributed by atoms with Gasteiger partial charge in [0.15, 0.2) is 0 Å². The molecule has 1 aromatic heterocycles. The van der Waals surface area contributed by atoms with E-state index in [1.165, 1.54) is 0 Å². The number of aliphatic hydroxyl groups excluding tert-OH is 1. The first kappa shape index (κ1) is 13.2. The number of carbonyl (C=O) groups is 1. The molecular weight excluding hydrogens is 252 g/mol. The summed E-state index contributed by atoms with van der Waals surface area (Å²) in [5, 5.41) is 13.8. The normalized spacial score (nSPS) is 22.3. The summed E-state index contributed by atoms with van der Waals surface area (Å²) >= 11 is 0. The standard InChI is InChI=1S/C16H20N2O2/c1-18-13-7-3-2-5-11(13)9-14(18)16(20)17-10-12-6-4-8-15(12)19/h2-3,5,7,9,12,15,19H,4,6,8,10H2,1H3,(H,17,20)/t12-,15+/m1/s1. The monoisotopic (exact) mass is 272 g/mol. The molecule has 1 amide bonds. The molecule has 0 saturated heterocycles. The molecule has 2 aromatic rings. The van der Waals surface area contributed by atoms with Gasteiger partial charge in [0.1, 0.15) is 5.69 Å². The van der Waals surface area contributed by atoms with Crippen molar-refractivity contribution in [3.63, 3.8) is 0 Å². The van der Waals surface area contributed by atoms with Gasteiger partial charge in [0, 0.05) is 30.4 Å². The molecule has 0 aliphatic heterocycles. The van der Waals surface area contributed by atoms with Gasteiger partial charge in [0.05, 0.1) is 6.10 Å². The third kappa shape index (κ3) is 2.31. The third-order valence-corrected chi connectivity index (χ3v) is 4.33. The van der Waals surface area contributed by atoms with Crippen molar-refractivity contribution in [2.45, 2.75) is 25.4 Å². The fraction of sp³-hybridized carbons (Fsp3) is 0.438. The maximum absolute atomic E-state index is 12.3. The average molecular weight is 272 g/mol. The number of aryl methyl sites for hydroxylation is 1. The molecule has 1 fully saturated rings. The quantitative estimate of drug-likeness (QED) is 0.898. The second kappa shape index (κ2) is 5.29. The van der Waals surface area contributed by atoms with E-state index in [0.717, 1.165) is 30.2 Å². The van der Waals surface area contributed by atoms with E-state index in [4.69, 9.17) is 0 Å². The zero-order valence-corrected chi connectivity index (χ0v) is 11.7. The van der Waals surface area contributed by atoms with Gasteiger partial charge >= 0.3 is 0 Å². The zero-order chi connectivity index (χ0) is 14.1. The molecule has 1 heterocycles. The highest BCUT2D eigenvalue weighted by molar-refractivity contribution is 5.98. The topological polar surface area (TPSA) is 54.3 Å². The SMILES string of the molecule is Cn1c(C(=O)NC[C@H]2CCC[C@@H]2O)cc2ccccc21. The van der Waals surface area contributed by atoms with Crippen molar-refractivity contribution in [2.75, 3.05) is 6.54 Å². The van der Waals surface area contributed by atoms with Gasteiger partial charge in [-0.05, 0) is 25.0 Å². The van der Waals surface area contributed by atoms with Crippen LogP contribution in [-0.4, -0.2) is 28.2 Å². The van der Waals surface area contributed by atoms with E-state index >= 15 is 0 Å². The van der Waals surface area contributed by atoms with Gasteiger partial charge in [-0.3, -0.25) is 4.79 Å². The van der Waals surface area contributed by atoms with Crippen LogP contribution in [0, 0.1) is 5.92 Å². The molecule has 0 bridgehead atoms. The number of aromatic nitrogens is 1. The van der Waals surface area contributed by atoms with E-state index in [0.29, 0.717) is 12.2 Å². The lowest BCUT2D eigenvalue weighted by molar-refractivity contribution is 0.0909. The number of amides is 1. The Morgan fingerprint density at radius 3 is 2.90 bits per heavy atom. The van der Waals surface area contributed by atoms with E-state index in [1.807, 2.05) is 41.9 Å². The van der Waals surface area contributed by atoms with Crippen LogP contribution in [0.2, 0.25) is 0 Å². The van der Waals surface area contributed by atoms with Gasteiger partial charge in [-0.1, -0.05) is 24.6 Å².